The highest BCUT2D eigenvalue weighted by Crippen LogP contribution is 2.32. The molecule has 0 radical (unpaired) electrons. The van der Waals surface area contributed by atoms with Crippen molar-refractivity contribution in [1.29, 1.82) is 0 Å². The van der Waals surface area contributed by atoms with E-state index in [4.69, 9.17) is 0 Å². The molecule has 0 atom stereocenters. The Kier molecular flexibility index (Phi) is 22.8. The Morgan fingerprint density at radius 1 is 0.854 bits per heavy atom. The minimum Gasteiger partial charge on any atom is -0.106 e. The van der Waals surface area contributed by atoms with Gasteiger partial charge in [-0.3, -0.25) is 0 Å². The van der Waals surface area contributed by atoms with Crippen molar-refractivity contribution in [3.8, 4) is 0 Å². The molecule has 4 rings (SSSR count). The first kappa shape index (κ1) is 37.9. The molecular formula is C41H60. The highest BCUT2D eigenvalue weighted by molar-refractivity contribution is 5.76. The number of allylic oxidation sites excluding steroid dienone is 8. The Hall–Kier alpha value is -3.12. The van der Waals surface area contributed by atoms with Crippen LogP contribution in [-0.2, 0) is 12.8 Å². The zero-order chi connectivity index (χ0) is 30.9. The predicted molar refractivity (Wildman–Crippen MR) is 189 cm³/mol. The molecule has 0 saturated heterocycles. The van der Waals surface area contributed by atoms with Gasteiger partial charge in [0, 0.05) is 0 Å². The van der Waals surface area contributed by atoms with E-state index in [1.807, 2.05) is 6.92 Å². The molecule has 2 aliphatic carbocycles. The summed E-state index contributed by atoms with van der Waals surface area (Å²) in [5.41, 5.74) is 9.92. The Bertz CT molecular complexity index is 1040. The highest BCUT2D eigenvalue weighted by Gasteiger charge is 2.13. The number of benzene rings is 2. The summed E-state index contributed by atoms with van der Waals surface area (Å²) >= 11 is 0. The van der Waals surface area contributed by atoms with Gasteiger partial charge < -0.3 is 0 Å². The minimum atomic E-state index is 0.860. The molecule has 0 heterocycles. The molecule has 0 heteroatoms. The molecule has 0 unspecified atom stereocenters. The largest absolute Gasteiger partial charge is 0.106 e. The van der Waals surface area contributed by atoms with Crippen LogP contribution in [0.2, 0.25) is 0 Å². The summed E-state index contributed by atoms with van der Waals surface area (Å²) in [5.74, 6) is 0.860. The van der Waals surface area contributed by atoms with Gasteiger partial charge in [0.05, 0.1) is 0 Å². The van der Waals surface area contributed by atoms with E-state index in [-0.39, 0.29) is 0 Å². The van der Waals surface area contributed by atoms with E-state index in [0.29, 0.717) is 0 Å². The second kappa shape index (κ2) is 24.7. The topological polar surface area (TPSA) is 0 Å². The summed E-state index contributed by atoms with van der Waals surface area (Å²) in [6.07, 6.45) is 21.5. The van der Waals surface area contributed by atoms with Crippen LogP contribution in [0.25, 0.3) is 5.57 Å². The average Bonchev–Trinajstić information content (AvgIpc) is 3.04. The molecule has 224 valence electrons. The van der Waals surface area contributed by atoms with E-state index in [1.54, 1.807) is 6.08 Å². The Morgan fingerprint density at radius 2 is 1.44 bits per heavy atom. The van der Waals surface area contributed by atoms with Gasteiger partial charge in [-0.2, -0.15) is 0 Å². The van der Waals surface area contributed by atoms with Gasteiger partial charge in [-0.1, -0.05) is 131 Å². The first-order valence-electron chi connectivity index (χ1n) is 15.8. The lowest BCUT2D eigenvalue weighted by Gasteiger charge is -2.21. The molecule has 2 aromatic rings. The number of aryl methyl sites for hydroxylation is 2. The van der Waals surface area contributed by atoms with Crippen molar-refractivity contribution in [2.75, 3.05) is 0 Å². The average molecular weight is 553 g/mol. The highest BCUT2D eigenvalue weighted by atomic mass is 14.2. The molecule has 2 aliphatic rings. The molecule has 0 N–H and O–H groups in total. The summed E-state index contributed by atoms with van der Waals surface area (Å²) < 4.78 is 0. The Labute approximate surface area is 255 Å². The summed E-state index contributed by atoms with van der Waals surface area (Å²) in [6.45, 7) is 26.1. The molecule has 0 spiro atoms. The van der Waals surface area contributed by atoms with Crippen LogP contribution in [-0.4, -0.2) is 0 Å². The fourth-order valence-electron chi connectivity index (χ4n) is 4.96. The van der Waals surface area contributed by atoms with Crippen molar-refractivity contribution in [2.24, 2.45) is 5.92 Å². The first-order valence-corrected chi connectivity index (χ1v) is 15.8. The molecule has 0 nitrogen and oxygen atoms in total. The van der Waals surface area contributed by atoms with Gasteiger partial charge in [0.1, 0.15) is 0 Å². The lowest BCUT2D eigenvalue weighted by Crippen LogP contribution is -2.05. The van der Waals surface area contributed by atoms with Crippen molar-refractivity contribution < 1.29 is 0 Å². The lowest BCUT2D eigenvalue weighted by atomic mass is 9.85. The van der Waals surface area contributed by atoms with Crippen molar-refractivity contribution in [3.05, 3.63) is 139 Å². The van der Waals surface area contributed by atoms with Gasteiger partial charge in [0.25, 0.3) is 0 Å². The second-order valence-corrected chi connectivity index (χ2v) is 10.7. The third-order valence-corrected chi connectivity index (χ3v) is 7.42. The van der Waals surface area contributed by atoms with Crippen molar-refractivity contribution >= 4 is 5.57 Å². The number of hydrogen-bond donors (Lipinski definition) is 0. The zero-order valence-electron chi connectivity index (χ0n) is 27.5. The Balaban J connectivity index is 0.000000587. The van der Waals surface area contributed by atoms with Crippen LogP contribution >= 0.6 is 0 Å². The SMILES string of the molecule is C/C=C(\C)C1=C(c2ccc(CC)cc2)CCC=C1.C=C.C=C(C)C1CCCCC1.C=CC.CCCc1ccccc1. The third kappa shape index (κ3) is 16.0. The molecule has 1 saturated carbocycles. The maximum absolute atomic E-state index is 3.98. The minimum absolute atomic E-state index is 0.860. The fraction of sp³-hybridized carbons (Fsp3) is 0.415. The van der Waals surface area contributed by atoms with Crippen LogP contribution in [0.3, 0.4) is 0 Å². The van der Waals surface area contributed by atoms with Crippen LogP contribution in [0.5, 0.6) is 0 Å². The lowest BCUT2D eigenvalue weighted by molar-refractivity contribution is 0.404. The first-order chi connectivity index (χ1) is 19.9. The molecule has 0 bridgehead atoms. The molecular weight excluding hydrogens is 492 g/mol. The van der Waals surface area contributed by atoms with Crippen molar-refractivity contribution in [2.45, 2.75) is 106 Å². The third-order valence-electron chi connectivity index (χ3n) is 7.42. The van der Waals surface area contributed by atoms with Crippen LogP contribution in [0.15, 0.2) is 122 Å². The van der Waals surface area contributed by atoms with E-state index in [1.165, 1.54) is 83.9 Å². The molecule has 1 fully saturated rings. The molecule has 41 heavy (non-hydrogen) atoms. The molecule has 0 aromatic heterocycles. The molecule has 2 aromatic carbocycles. The van der Waals surface area contributed by atoms with Crippen molar-refractivity contribution in [3.63, 3.8) is 0 Å². The van der Waals surface area contributed by atoms with E-state index < -0.39 is 0 Å². The van der Waals surface area contributed by atoms with E-state index in [2.05, 4.69) is 134 Å². The van der Waals surface area contributed by atoms with Gasteiger partial charge in [0.2, 0.25) is 0 Å². The number of hydrogen-bond acceptors (Lipinski definition) is 0. The van der Waals surface area contributed by atoms with Crippen LogP contribution in [0.4, 0.5) is 0 Å². The summed E-state index contributed by atoms with van der Waals surface area (Å²) in [5, 5.41) is 0. The van der Waals surface area contributed by atoms with Crippen LogP contribution in [0.1, 0.15) is 110 Å². The zero-order valence-corrected chi connectivity index (χ0v) is 27.5. The van der Waals surface area contributed by atoms with Gasteiger partial charge >= 0.3 is 0 Å². The quantitative estimate of drug-likeness (QED) is 0.313. The maximum Gasteiger partial charge on any atom is -0.0196 e. The summed E-state index contributed by atoms with van der Waals surface area (Å²) in [4.78, 5) is 0. The van der Waals surface area contributed by atoms with E-state index in [9.17, 15) is 0 Å². The Morgan fingerprint density at radius 3 is 1.90 bits per heavy atom. The number of rotatable bonds is 6. The molecule has 0 amide bonds. The van der Waals surface area contributed by atoms with E-state index in [0.717, 1.165) is 25.2 Å². The van der Waals surface area contributed by atoms with Crippen LogP contribution in [0, 0.1) is 5.92 Å². The maximum atomic E-state index is 3.98. The standard InChI is InChI=1S/C18H22.C9H16.C9H12.C3H6.C2H4/c1-4-14(3)17-8-6-7-9-18(17)16-12-10-15(5-2)11-13-16;1-8(2)9-6-4-3-5-7-9;1-2-6-9-7-4-3-5-8-9;1-3-2;1-2/h4,6,8,10-13H,5,7,9H2,1-3H3;9H,1,3-7H2,2H3;3-5,7-8H,2,6H2,1H3;3H,1H2,2H3;1-2H2/b14-4+;;;;. The fourth-order valence-corrected chi connectivity index (χ4v) is 4.96. The smallest absolute Gasteiger partial charge is 0.0196 e. The normalized spacial score (nSPS) is 14.4. The van der Waals surface area contributed by atoms with Gasteiger partial charge in [-0.25, -0.2) is 0 Å². The van der Waals surface area contributed by atoms with Gasteiger partial charge in [-0.15, -0.1) is 19.7 Å². The van der Waals surface area contributed by atoms with Crippen LogP contribution < -0.4 is 0 Å². The van der Waals surface area contributed by atoms with Gasteiger partial charge in [-0.05, 0) is 106 Å². The van der Waals surface area contributed by atoms with Gasteiger partial charge in [0.15, 0.2) is 0 Å². The monoisotopic (exact) mass is 552 g/mol. The predicted octanol–water partition coefficient (Wildman–Crippen LogP) is 13.1. The summed E-state index contributed by atoms with van der Waals surface area (Å²) in [7, 11) is 0. The van der Waals surface area contributed by atoms with E-state index >= 15 is 0 Å². The summed E-state index contributed by atoms with van der Waals surface area (Å²) in [6, 6.07) is 19.6. The second-order valence-electron chi connectivity index (χ2n) is 10.7. The molecule has 0 aliphatic heterocycles. The van der Waals surface area contributed by atoms with Crippen molar-refractivity contribution in [1.82, 2.24) is 0 Å².